The largest absolute Gasteiger partial charge is 0.384 e. The van der Waals surface area contributed by atoms with Gasteiger partial charge in [-0.25, -0.2) is 9.97 Å². The fraction of sp³-hybridized carbons (Fsp3) is 0.667. The average molecular weight is 221 g/mol. The van der Waals surface area contributed by atoms with Gasteiger partial charge in [-0.3, -0.25) is 0 Å². The fourth-order valence-electron chi connectivity index (χ4n) is 2.08. The lowest BCUT2D eigenvalue weighted by molar-refractivity contribution is 0.139. The molecule has 1 aromatic heterocycles. The van der Waals surface area contributed by atoms with Gasteiger partial charge in [0.05, 0.1) is 0 Å². The summed E-state index contributed by atoms with van der Waals surface area (Å²) in [5, 5.41) is 0. The zero-order chi connectivity index (χ0) is 11.4. The second-order valence-electron chi connectivity index (χ2n) is 4.45. The van der Waals surface area contributed by atoms with E-state index in [1.54, 1.807) is 7.11 Å². The van der Waals surface area contributed by atoms with Crippen LogP contribution < -0.4 is 4.90 Å². The number of methoxy groups -OCH3 is 1. The van der Waals surface area contributed by atoms with E-state index in [1.165, 1.54) is 12.8 Å². The van der Waals surface area contributed by atoms with Crippen molar-refractivity contribution in [3.05, 3.63) is 18.0 Å². The molecule has 0 amide bonds. The van der Waals surface area contributed by atoms with E-state index >= 15 is 0 Å². The van der Waals surface area contributed by atoms with Crippen molar-refractivity contribution in [1.82, 2.24) is 9.97 Å². The van der Waals surface area contributed by atoms with Gasteiger partial charge in [0.2, 0.25) is 5.95 Å². The first-order valence-corrected chi connectivity index (χ1v) is 5.82. The maximum absolute atomic E-state index is 5.19. The maximum atomic E-state index is 5.19. The molecule has 0 spiro atoms. The van der Waals surface area contributed by atoms with Gasteiger partial charge in [-0.05, 0) is 31.2 Å². The van der Waals surface area contributed by atoms with Crippen LogP contribution in [0.5, 0.6) is 0 Å². The summed E-state index contributed by atoms with van der Waals surface area (Å²) in [5.74, 6) is 1.56. The Balaban J connectivity index is 1.91. The molecule has 1 fully saturated rings. The number of anilines is 1. The van der Waals surface area contributed by atoms with Crippen LogP contribution in [-0.4, -0.2) is 36.8 Å². The van der Waals surface area contributed by atoms with Crippen molar-refractivity contribution < 1.29 is 4.74 Å². The van der Waals surface area contributed by atoms with Gasteiger partial charge in [0, 0.05) is 39.2 Å². The summed E-state index contributed by atoms with van der Waals surface area (Å²) >= 11 is 0. The van der Waals surface area contributed by atoms with Gasteiger partial charge in [0.25, 0.3) is 0 Å². The molecular formula is C12H19N3O. The third-order valence-electron chi connectivity index (χ3n) is 3.07. The Kier molecular flexibility index (Phi) is 3.72. The van der Waals surface area contributed by atoms with Gasteiger partial charge in [-0.15, -0.1) is 0 Å². The second kappa shape index (κ2) is 5.25. The standard InChI is InChI=1S/C12H19N3O/c1-10-7-13-12(14-8-10)15-5-3-11(4-6-15)9-16-2/h7-8,11H,3-6,9H2,1-2H3. The molecule has 0 radical (unpaired) electrons. The molecule has 4 heteroatoms. The van der Waals surface area contributed by atoms with E-state index < -0.39 is 0 Å². The number of rotatable bonds is 3. The zero-order valence-electron chi connectivity index (χ0n) is 10.0. The molecule has 0 saturated carbocycles. The second-order valence-corrected chi connectivity index (χ2v) is 4.45. The van der Waals surface area contributed by atoms with E-state index in [1.807, 2.05) is 19.3 Å². The fourth-order valence-corrected chi connectivity index (χ4v) is 2.08. The van der Waals surface area contributed by atoms with Crippen molar-refractivity contribution in [2.24, 2.45) is 5.92 Å². The minimum Gasteiger partial charge on any atom is -0.384 e. The lowest BCUT2D eigenvalue weighted by Gasteiger charge is -2.31. The summed E-state index contributed by atoms with van der Waals surface area (Å²) in [6.07, 6.45) is 6.10. The molecular weight excluding hydrogens is 202 g/mol. The molecule has 2 rings (SSSR count). The van der Waals surface area contributed by atoms with Crippen LogP contribution in [-0.2, 0) is 4.74 Å². The Bertz CT molecular complexity index is 318. The Hall–Kier alpha value is -1.16. The smallest absolute Gasteiger partial charge is 0.225 e. The average Bonchev–Trinajstić information content (AvgIpc) is 2.32. The van der Waals surface area contributed by atoms with Crippen molar-refractivity contribution in [1.29, 1.82) is 0 Å². The summed E-state index contributed by atoms with van der Waals surface area (Å²) in [6, 6.07) is 0. The molecule has 0 N–H and O–H groups in total. The van der Waals surface area contributed by atoms with Gasteiger partial charge < -0.3 is 9.64 Å². The molecule has 1 aromatic rings. The third kappa shape index (κ3) is 2.70. The minimum absolute atomic E-state index is 0.701. The predicted molar refractivity (Wildman–Crippen MR) is 63.6 cm³/mol. The van der Waals surface area contributed by atoms with Crippen LogP contribution in [0.4, 0.5) is 5.95 Å². The van der Waals surface area contributed by atoms with Crippen LogP contribution in [0.3, 0.4) is 0 Å². The van der Waals surface area contributed by atoms with Gasteiger partial charge in [-0.2, -0.15) is 0 Å². The highest BCUT2D eigenvalue weighted by molar-refractivity contribution is 5.30. The van der Waals surface area contributed by atoms with Crippen molar-refractivity contribution >= 4 is 5.95 Å². The third-order valence-corrected chi connectivity index (χ3v) is 3.07. The molecule has 1 aliphatic rings. The first kappa shape index (κ1) is 11.3. The maximum Gasteiger partial charge on any atom is 0.225 e. The number of nitrogens with zero attached hydrogens (tertiary/aromatic N) is 3. The Morgan fingerprint density at radius 3 is 2.50 bits per heavy atom. The van der Waals surface area contributed by atoms with E-state index in [4.69, 9.17) is 4.74 Å². The van der Waals surface area contributed by atoms with Crippen molar-refractivity contribution in [2.75, 3.05) is 31.7 Å². The van der Waals surface area contributed by atoms with Gasteiger partial charge in [0.15, 0.2) is 0 Å². The van der Waals surface area contributed by atoms with Gasteiger partial charge in [-0.1, -0.05) is 0 Å². The molecule has 0 atom stereocenters. The normalized spacial score (nSPS) is 17.8. The van der Waals surface area contributed by atoms with Crippen LogP contribution in [0.2, 0.25) is 0 Å². The summed E-state index contributed by atoms with van der Waals surface area (Å²) in [6.45, 7) is 4.96. The van der Waals surface area contributed by atoms with Crippen LogP contribution in [0.15, 0.2) is 12.4 Å². The number of aromatic nitrogens is 2. The van der Waals surface area contributed by atoms with Crippen molar-refractivity contribution in [2.45, 2.75) is 19.8 Å². The SMILES string of the molecule is COCC1CCN(c2ncc(C)cn2)CC1. The number of hydrogen-bond donors (Lipinski definition) is 0. The number of piperidine rings is 1. The lowest BCUT2D eigenvalue weighted by Crippen LogP contribution is -2.36. The van der Waals surface area contributed by atoms with E-state index in [0.29, 0.717) is 5.92 Å². The number of ether oxygens (including phenoxy) is 1. The summed E-state index contributed by atoms with van der Waals surface area (Å²) in [7, 11) is 1.77. The quantitative estimate of drug-likeness (QED) is 0.778. The molecule has 0 aromatic carbocycles. The zero-order valence-corrected chi connectivity index (χ0v) is 10.0. The van der Waals surface area contributed by atoms with Crippen LogP contribution in [0, 0.1) is 12.8 Å². The molecule has 1 saturated heterocycles. The molecule has 0 unspecified atom stereocenters. The van der Waals surface area contributed by atoms with Crippen LogP contribution >= 0.6 is 0 Å². The highest BCUT2D eigenvalue weighted by Gasteiger charge is 2.20. The molecule has 0 bridgehead atoms. The number of hydrogen-bond acceptors (Lipinski definition) is 4. The molecule has 0 aliphatic carbocycles. The Labute approximate surface area is 96.7 Å². The Morgan fingerprint density at radius 2 is 1.94 bits per heavy atom. The van der Waals surface area contributed by atoms with E-state index in [9.17, 15) is 0 Å². The van der Waals surface area contributed by atoms with Gasteiger partial charge in [0.1, 0.15) is 0 Å². The number of aryl methyl sites for hydroxylation is 1. The highest BCUT2D eigenvalue weighted by Crippen LogP contribution is 2.20. The van der Waals surface area contributed by atoms with Gasteiger partial charge >= 0.3 is 0 Å². The molecule has 16 heavy (non-hydrogen) atoms. The molecule has 88 valence electrons. The van der Waals surface area contributed by atoms with Crippen molar-refractivity contribution in [3.63, 3.8) is 0 Å². The van der Waals surface area contributed by atoms with Crippen LogP contribution in [0.25, 0.3) is 0 Å². The van der Waals surface area contributed by atoms with Crippen LogP contribution in [0.1, 0.15) is 18.4 Å². The first-order chi connectivity index (χ1) is 7.79. The summed E-state index contributed by atoms with van der Waals surface area (Å²) in [4.78, 5) is 11.0. The predicted octanol–water partition coefficient (Wildman–Crippen LogP) is 1.65. The molecule has 1 aliphatic heterocycles. The topological polar surface area (TPSA) is 38.2 Å². The monoisotopic (exact) mass is 221 g/mol. The van der Waals surface area contributed by atoms with E-state index in [0.717, 1.165) is 31.2 Å². The summed E-state index contributed by atoms with van der Waals surface area (Å²) < 4.78 is 5.19. The van der Waals surface area contributed by atoms with Crippen molar-refractivity contribution in [3.8, 4) is 0 Å². The van der Waals surface area contributed by atoms with E-state index in [-0.39, 0.29) is 0 Å². The summed E-state index contributed by atoms with van der Waals surface area (Å²) in [5.41, 5.74) is 1.11. The lowest BCUT2D eigenvalue weighted by atomic mass is 9.98. The minimum atomic E-state index is 0.701. The Morgan fingerprint density at radius 1 is 1.31 bits per heavy atom. The first-order valence-electron chi connectivity index (χ1n) is 5.82. The highest BCUT2D eigenvalue weighted by atomic mass is 16.5. The molecule has 2 heterocycles. The van der Waals surface area contributed by atoms with E-state index in [2.05, 4.69) is 14.9 Å². The molecule has 4 nitrogen and oxygen atoms in total.